The lowest BCUT2D eigenvalue weighted by molar-refractivity contribution is -0.160. The lowest BCUT2D eigenvalue weighted by atomic mass is 9.87. The highest BCUT2D eigenvalue weighted by Crippen LogP contribution is 2.22. The van der Waals surface area contributed by atoms with Gasteiger partial charge >= 0.3 is 12.1 Å². The summed E-state index contributed by atoms with van der Waals surface area (Å²) >= 11 is 0. The zero-order valence-corrected chi connectivity index (χ0v) is 10.7. The first-order chi connectivity index (χ1) is 6.93. The third-order valence-corrected chi connectivity index (χ3v) is 1.78. The summed E-state index contributed by atoms with van der Waals surface area (Å²) in [4.78, 5) is 22.4. The second-order valence-electron chi connectivity index (χ2n) is 5.78. The molecule has 0 saturated heterocycles. The molecule has 5 heteroatoms. The SMILES string of the molecule is CC(C)(C)OC(=O)[C@@H](NC(=O)O)C(C)(C)C. The Bertz CT molecular complexity index is 273. The first kappa shape index (κ1) is 14.7. The fraction of sp³-hybridized carbons (Fsp3) is 0.818. The molecule has 94 valence electrons. The van der Waals surface area contributed by atoms with Crippen LogP contribution < -0.4 is 5.32 Å². The van der Waals surface area contributed by atoms with Gasteiger partial charge in [-0.3, -0.25) is 0 Å². The first-order valence-electron chi connectivity index (χ1n) is 5.16. The summed E-state index contributed by atoms with van der Waals surface area (Å²) in [5.41, 5.74) is -1.15. The molecular weight excluding hydrogens is 210 g/mol. The molecule has 0 saturated carbocycles. The van der Waals surface area contributed by atoms with E-state index in [2.05, 4.69) is 5.32 Å². The molecule has 0 radical (unpaired) electrons. The molecule has 1 atom stereocenters. The molecule has 0 bridgehead atoms. The molecule has 5 nitrogen and oxygen atoms in total. The molecule has 0 aromatic carbocycles. The standard InChI is InChI=1S/C11H21NO4/c1-10(2,3)7(12-9(14)15)8(13)16-11(4,5)6/h7,12H,1-6H3,(H,14,15)/t7-/m1/s1. The normalized spacial score (nSPS) is 14.1. The summed E-state index contributed by atoms with van der Waals surface area (Å²) in [5, 5.41) is 10.9. The van der Waals surface area contributed by atoms with Crippen LogP contribution in [-0.4, -0.2) is 28.8 Å². The van der Waals surface area contributed by atoms with E-state index in [0.29, 0.717) is 0 Å². The lowest BCUT2D eigenvalue weighted by Gasteiger charge is -2.31. The number of carboxylic acid groups (broad SMARTS) is 1. The van der Waals surface area contributed by atoms with Crippen LogP contribution in [0.2, 0.25) is 0 Å². The van der Waals surface area contributed by atoms with Crippen molar-refractivity contribution in [1.29, 1.82) is 0 Å². The first-order valence-corrected chi connectivity index (χ1v) is 5.16. The molecule has 16 heavy (non-hydrogen) atoms. The van der Waals surface area contributed by atoms with Gasteiger partial charge < -0.3 is 15.2 Å². The van der Waals surface area contributed by atoms with Gasteiger partial charge in [0.05, 0.1) is 0 Å². The van der Waals surface area contributed by atoms with Crippen molar-refractivity contribution >= 4 is 12.1 Å². The molecule has 0 aromatic heterocycles. The van der Waals surface area contributed by atoms with E-state index in [4.69, 9.17) is 9.84 Å². The fourth-order valence-electron chi connectivity index (χ4n) is 1.11. The topological polar surface area (TPSA) is 75.6 Å². The second-order valence-corrected chi connectivity index (χ2v) is 5.78. The minimum Gasteiger partial charge on any atom is -0.465 e. The van der Waals surface area contributed by atoms with Crippen molar-refractivity contribution in [3.8, 4) is 0 Å². The molecular formula is C11H21NO4. The van der Waals surface area contributed by atoms with Crippen LogP contribution >= 0.6 is 0 Å². The molecule has 0 unspecified atom stereocenters. The van der Waals surface area contributed by atoms with Crippen molar-refractivity contribution in [3.05, 3.63) is 0 Å². The number of amides is 1. The smallest absolute Gasteiger partial charge is 0.405 e. The van der Waals surface area contributed by atoms with Crippen LogP contribution in [0.4, 0.5) is 4.79 Å². The van der Waals surface area contributed by atoms with E-state index in [1.54, 1.807) is 41.5 Å². The number of carbonyl (C=O) groups is 2. The Kier molecular flexibility index (Phi) is 4.35. The molecule has 0 aliphatic heterocycles. The maximum absolute atomic E-state index is 11.8. The number of nitrogens with one attached hydrogen (secondary N) is 1. The van der Waals surface area contributed by atoms with Crippen LogP contribution in [-0.2, 0) is 9.53 Å². The Hall–Kier alpha value is -1.26. The van der Waals surface area contributed by atoms with E-state index in [1.807, 2.05) is 0 Å². The van der Waals surface area contributed by atoms with Crippen molar-refractivity contribution in [2.45, 2.75) is 53.2 Å². The summed E-state index contributed by atoms with van der Waals surface area (Å²) in [6.07, 6.45) is -1.23. The third kappa shape index (κ3) is 5.58. The van der Waals surface area contributed by atoms with Crippen molar-refractivity contribution in [1.82, 2.24) is 5.32 Å². The zero-order valence-electron chi connectivity index (χ0n) is 10.7. The van der Waals surface area contributed by atoms with Gasteiger partial charge in [-0.1, -0.05) is 20.8 Å². The average Bonchev–Trinajstić information content (AvgIpc) is 1.93. The zero-order chi connectivity index (χ0) is 13.1. The van der Waals surface area contributed by atoms with Crippen LogP contribution in [0.1, 0.15) is 41.5 Å². The quantitative estimate of drug-likeness (QED) is 0.713. The van der Waals surface area contributed by atoms with Crippen LogP contribution in [0, 0.1) is 5.41 Å². The van der Waals surface area contributed by atoms with Crippen molar-refractivity contribution in [2.75, 3.05) is 0 Å². The van der Waals surface area contributed by atoms with Gasteiger partial charge in [-0.25, -0.2) is 9.59 Å². The van der Waals surface area contributed by atoms with Crippen LogP contribution in [0.3, 0.4) is 0 Å². The monoisotopic (exact) mass is 231 g/mol. The van der Waals surface area contributed by atoms with Gasteiger partial charge in [0.25, 0.3) is 0 Å². The Morgan fingerprint density at radius 3 is 1.81 bits per heavy atom. The highest BCUT2D eigenvalue weighted by Gasteiger charge is 2.35. The predicted octanol–water partition coefficient (Wildman–Crippen LogP) is 2.01. The summed E-state index contributed by atoms with van der Waals surface area (Å²) in [7, 11) is 0. The van der Waals surface area contributed by atoms with Crippen molar-refractivity contribution < 1.29 is 19.4 Å². The largest absolute Gasteiger partial charge is 0.465 e. The minimum absolute atomic E-state index is 0.527. The molecule has 0 aliphatic rings. The summed E-state index contributed by atoms with van der Waals surface area (Å²) in [6.45, 7) is 10.6. The van der Waals surface area contributed by atoms with E-state index in [0.717, 1.165) is 0 Å². The molecule has 0 aliphatic carbocycles. The van der Waals surface area contributed by atoms with E-state index in [-0.39, 0.29) is 0 Å². The van der Waals surface area contributed by atoms with E-state index >= 15 is 0 Å². The average molecular weight is 231 g/mol. The number of carbonyl (C=O) groups excluding carboxylic acids is 1. The van der Waals surface area contributed by atoms with Crippen LogP contribution in [0.25, 0.3) is 0 Å². The number of rotatable bonds is 2. The number of hydrogen-bond donors (Lipinski definition) is 2. The maximum atomic E-state index is 11.8. The second kappa shape index (κ2) is 4.72. The van der Waals surface area contributed by atoms with E-state index < -0.39 is 29.1 Å². The third-order valence-electron chi connectivity index (χ3n) is 1.78. The van der Waals surface area contributed by atoms with Crippen molar-refractivity contribution in [3.63, 3.8) is 0 Å². The maximum Gasteiger partial charge on any atom is 0.405 e. The van der Waals surface area contributed by atoms with Crippen molar-refractivity contribution in [2.24, 2.45) is 5.41 Å². The Balaban J connectivity index is 4.78. The predicted molar refractivity (Wildman–Crippen MR) is 60.2 cm³/mol. The number of ether oxygens (including phenoxy) is 1. The van der Waals surface area contributed by atoms with Crippen LogP contribution in [0.5, 0.6) is 0 Å². The Morgan fingerprint density at radius 1 is 1.12 bits per heavy atom. The lowest BCUT2D eigenvalue weighted by Crippen LogP contribution is -2.50. The van der Waals surface area contributed by atoms with E-state index in [9.17, 15) is 9.59 Å². The Morgan fingerprint density at radius 2 is 1.56 bits per heavy atom. The highest BCUT2D eigenvalue weighted by atomic mass is 16.6. The molecule has 0 heterocycles. The number of esters is 1. The van der Waals surface area contributed by atoms with Gasteiger partial charge in [-0.15, -0.1) is 0 Å². The minimum atomic E-state index is -1.23. The van der Waals surface area contributed by atoms with E-state index in [1.165, 1.54) is 0 Å². The highest BCUT2D eigenvalue weighted by molar-refractivity contribution is 5.81. The molecule has 1 amide bonds. The van der Waals surface area contributed by atoms with Gasteiger partial charge in [-0.2, -0.15) is 0 Å². The Labute approximate surface area is 96.2 Å². The molecule has 0 aromatic rings. The molecule has 0 fully saturated rings. The van der Waals surface area contributed by atoms with Gasteiger partial charge in [0.1, 0.15) is 11.6 Å². The van der Waals surface area contributed by atoms with Crippen LogP contribution in [0.15, 0.2) is 0 Å². The summed E-state index contributed by atoms with van der Waals surface area (Å²) in [5.74, 6) is -0.553. The van der Waals surface area contributed by atoms with Gasteiger partial charge in [0.15, 0.2) is 0 Å². The molecule has 0 spiro atoms. The molecule has 2 N–H and O–H groups in total. The van der Waals surface area contributed by atoms with Gasteiger partial charge in [0, 0.05) is 0 Å². The molecule has 0 rings (SSSR count). The van der Waals surface area contributed by atoms with Gasteiger partial charge in [-0.05, 0) is 26.2 Å². The fourth-order valence-corrected chi connectivity index (χ4v) is 1.11. The summed E-state index contributed by atoms with van der Waals surface area (Å²) in [6, 6.07) is -0.871. The summed E-state index contributed by atoms with van der Waals surface area (Å²) < 4.78 is 5.16. The van der Waals surface area contributed by atoms with Gasteiger partial charge in [0.2, 0.25) is 0 Å². The number of hydrogen-bond acceptors (Lipinski definition) is 3.